The zero-order chi connectivity index (χ0) is 18.4. The largest absolute Gasteiger partial charge is 0.395 e. The predicted molar refractivity (Wildman–Crippen MR) is 101 cm³/mol. The van der Waals surface area contributed by atoms with Crippen molar-refractivity contribution in [1.82, 2.24) is 15.3 Å². The molecular formula is C19H17N5O2. The van der Waals surface area contributed by atoms with Gasteiger partial charge in [0.25, 0.3) is 0 Å². The number of carbonyl (C=O) groups excluding carboxylic acids is 1. The van der Waals surface area contributed by atoms with Crippen molar-refractivity contribution in [2.75, 3.05) is 23.8 Å². The highest BCUT2D eigenvalue weighted by molar-refractivity contribution is 5.96. The van der Waals surface area contributed by atoms with Crippen molar-refractivity contribution in [3.63, 3.8) is 0 Å². The van der Waals surface area contributed by atoms with Crippen LogP contribution < -0.4 is 16.0 Å². The number of nitrogens with zero attached hydrogens (tertiary/aromatic N) is 2. The van der Waals surface area contributed by atoms with Crippen LogP contribution in [0, 0.1) is 12.3 Å². The lowest BCUT2D eigenvalue weighted by atomic mass is 10.2. The third-order valence-corrected chi connectivity index (χ3v) is 3.58. The highest BCUT2D eigenvalue weighted by Crippen LogP contribution is 2.26. The van der Waals surface area contributed by atoms with Crippen LogP contribution in [0.2, 0.25) is 0 Å². The fraction of sp³-hybridized carbons (Fsp3) is 0.105. The Morgan fingerprint density at radius 3 is 2.85 bits per heavy atom. The van der Waals surface area contributed by atoms with Gasteiger partial charge in [-0.25, -0.2) is 14.8 Å². The van der Waals surface area contributed by atoms with Crippen LogP contribution in [-0.4, -0.2) is 34.3 Å². The van der Waals surface area contributed by atoms with E-state index in [9.17, 15) is 4.79 Å². The van der Waals surface area contributed by atoms with Crippen molar-refractivity contribution >= 4 is 34.1 Å². The number of urea groups is 1. The quantitative estimate of drug-likeness (QED) is 0.532. The van der Waals surface area contributed by atoms with Crippen molar-refractivity contribution in [2.24, 2.45) is 0 Å². The molecule has 3 rings (SSSR count). The summed E-state index contributed by atoms with van der Waals surface area (Å²) in [6, 6.07) is 12.4. The number of benzene rings is 2. The van der Waals surface area contributed by atoms with Crippen LogP contribution in [0.5, 0.6) is 0 Å². The molecule has 26 heavy (non-hydrogen) atoms. The van der Waals surface area contributed by atoms with Crippen LogP contribution in [0.3, 0.4) is 0 Å². The molecule has 7 nitrogen and oxygen atoms in total. The van der Waals surface area contributed by atoms with E-state index in [1.807, 2.05) is 24.3 Å². The summed E-state index contributed by atoms with van der Waals surface area (Å²) in [5.74, 6) is 3.19. The monoisotopic (exact) mass is 347 g/mol. The third kappa shape index (κ3) is 4.06. The molecule has 0 fully saturated rings. The molecule has 0 aliphatic rings. The summed E-state index contributed by atoms with van der Waals surface area (Å²) in [6.07, 6.45) is 6.91. The van der Waals surface area contributed by atoms with Crippen LogP contribution in [-0.2, 0) is 0 Å². The van der Waals surface area contributed by atoms with E-state index in [0.717, 1.165) is 22.2 Å². The average molecular weight is 347 g/mol. The maximum Gasteiger partial charge on any atom is 0.319 e. The van der Waals surface area contributed by atoms with E-state index in [2.05, 4.69) is 31.8 Å². The van der Waals surface area contributed by atoms with E-state index in [0.29, 0.717) is 11.5 Å². The van der Waals surface area contributed by atoms with E-state index in [1.54, 1.807) is 18.2 Å². The molecule has 0 saturated carbocycles. The number of hydrogen-bond donors (Lipinski definition) is 4. The van der Waals surface area contributed by atoms with Crippen molar-refractivity contribution < 1.29 is 9.90 Å². The van der Waals surface area contributed by atoms with Gasteiger partial charge in [-0.1, -0.05) is 12.0 Å². The van der Waals surface area contributed by atoms with Crippen LogP contribution in [0.4, 0.5) is 22.0 Å². The maximum atomic E-state index is 11.8. The highest BCUT2D eigenvalue weighted by atomic mass is 16.3. The molecule has 4 N–H and O–H groups in total. The fourth-order valence-corrected chi connectivity index (χ4v) is 2.40. The van der Waals surface area contributed by atoms with Crippen molar-refractivity contribution in [1.29, 1.82) is 0 Å². The zero-order valence-electron chi connectivity index (χ0n) is 13.9. The van der Waals surface area contributed by atoms with Gasteiger partial charge in [-0.15, -0.1) is 6.42 Å². The molecule has 3 aromatic rings. The van der Waals surface area contributed by atoms with E-state index in [4.69, 9.17) is 11.5 Å². The first-order valence-corrected chi connectivity index (χ1v) is 7.94. The van der Waals surface area contributed by atoms with Crippen molar-refractivity contribution in [2.45, 2.75) is 0 Å². The number of amides is 2. The topological polar surface area (TPSA) is 99.2 Å². The number of aliphatic hydroxyl groups excluding tert-OH is 1. The van der Waals surface area contributed by atoms with Gasteiger partial charge in [-0.3, -0.25) is 0 Å². The Morgan fingerprint density at radius 2 is 2.04 bits per heavy atom. The summed E-state index contributed by atoms with van der Waals surface area (Å²) < 4.78 is 0. The second-order valence-corrected chi connectivity index (χ2v) is 5.41. The molecule has 0 radical (unpaired) electrons. The normalized spacial score (nSPS) is 10.2. The lowest BCUT2D eigenvalue weighted by Crippen LogP contribution is -2.30. The summed E-state index contributed by atoms with van der Waals surface area (Å²) >= 11 is 0. The molecule has 0 saturated heterocycles. The molecule has 130 valence electrons. The summed E-state index contributed by atoms with van der Waals surface area (Å²) in [6.45, 7) is 0.0601. The molecule has 1 heterocycles. The van der Waals surface area contributed by atoms with Crippen molar-refractivity contribution in [3.8, 4) is 12.3 Å². The maximum absolute atomic E-state index is 11.8. The summed E-state index contributed by atoms with van der Waals surface area (Å²) in [5.41, 5.74) is 2.89. The number of terminal acetylenes is 1. The number of nitrogens with one attached hydrogen (secondary N) is 3. The Kier molecular flexibility index (Phi) is 5.27. The van der Waals surface area contributed by atoms with Crippen molar-refractivity contribution in [3.05, 3.63) is 54.4 Å². The Bertz CT molecular complexity index is 981. The molecule has 0 unspecified atom stereocenters. The Labute approximate surface area is 150 Å². The van der Waals surface area contributed by atoms with E-state index >= 15 is 0 Å². The minimum Gasteiger partial charge on any atom is -0.395 e. The van der Waals surface area contributed by atoms with E-state index in [-0.39, 0.29) is 13.2 Å². The van der Waals surface area contributed by atoms with Gasteiger partial charge in [0.1, 0.15) is 12.1 Å². The Balaban J connectivity index is 1.89. The van der Waals surface area contributed by atoms with E-state index in [1.165, 1.54) is 6.33 Å². The molecule has 0 bridgehead atoms. The van der Waals surface area contributed by atoms with Crippen LogP contribution in [0.25, 0.3) is 10.9 Å². The van der Waals surface area contributed by atoms with Gasteiger partial charge in [0, 0.05) is 28.9 Å². The fourth-order valence-electron chi connectivity index (χ4n) is 2.40. The number of aromatic nitrogens is 2. The predicted octanol–water partition coefficient (Wildman–Crippen LogP) is 2.47. The first kappa shape index (κ1) is 17.2. The summed E-state index contributed by atoms with van der Waals surface area (Å²) in [5, 5.41) is 18.0. The SMILES string of the molecule is C#Cc1cccc(Nc2ncnc3ccc(NC(=O)NCCO)cc23)c1. The second kappa shape index (κ2) is 7.96. The molecule has 0 atom stereocenters. The first-order valence-electron chi connectivity index (χ1n) is 7.94. The number of aliphatic hydroxyl groups is 1. The Morgan fingerprint density at radius 1 is 1.15 bits per heavy atom. The molecule has 1 aromatic heterocycles. The van der Waals surface area contributed by atoms with Gasteiger partial charge in [0.05, 0.1) is 12.1 Å². The summed E-state index contributed by atoms with van der Waals surface area (Å²) in [7, 11) is 0. The van der Waals surface area contributed by atoms with Gasteiger partial charge in [0.15, 0.2) is 0 Å². The number of rotatable bonds is 5. The number of anilines is 3. The molecular weight excluding hydrogens is 330 g/mol. The number of fused-ring (bicyclic) bond motifs is 1. The average Bonchev–Trinajstić information content (AvgIpc) is 2.67. The number of hydrogen-bond acceptors (Lipinski definition) is 5. The van der Waals surface area contributed by atoms with E-state index < -0.39 is 6.03 Å². The van der Waals surface area contributed by atoms with Gasteiger partial charge in [0.2, 0.25) is 0 Å². The lowest BCUT2D eigenvalue weighted by molar-refractivity contribution is 0.245. The molecule has 2 amide bonds. The zero-order valence-corrected chi connectivity index (χ0v) is 13.9. The number of carbonyl (C=O) groups is 1. The van der Waals surface area contributed by atoms with Crippen LogP contribution in [0.1, 0.15) is 5.56 Å². The van der Waals surface area contributed by atoms with Gasteiger partial charge in [-0.2, -0.15) is 0 Å². The molecule has 0 aliphatic carbocycles. The lowest BCUT2D eigenvalue weighted by Gasteiger charge is -2.11. The second-order valence-electron chi connectivity index (χ2n) is 5.41. The molecule has 7 heteroatoms. The molecule has 0 spiro atoms. The van der Waals surface area contributed by atoms with Crippen LogP contribution in [0.15, 0.2) is 48.8 Å². The standard InChI is InChI=1S/C19H17N5O2/c1-2-13-4-3-5-14(10-13)23-18-16-11-15(24-19(26)20-8-9-25)6-7-17(16)21-12-22-18/h1,3-7,10-12,25H,8-9H2,(H2,20,24,26)(H,21,22,23). The van der Waals surface area contributed by atoms with Gasteiger partial charge < -0.3 is 21.1 Å². The molecule has 2 aromatic carbocycles. The minimum atomic E-state index is -0.397. The molecule has 0 aliphatic heterocycles. The first-order chi connectivity index (χ1) is 12.7. The van der Waals surface area contributed by atoms with Gasteiger partial charge >= 0.3 is 6.03 Å². The smallest absolute Gasteiger partial charge is 0.319 e. The van der Waals surface area contributed by atoms with Crippen LogP contribution >= 0.6 is 0 Å². The highest BCUT2D eigenvalue weighted by Gasteiger charge is 2.07. The van der Waals surface area contributed by atoms with Gasteiger partial charge in [-0.05, 0) is 36.4 Å². The third-order valence-electron chi connectivity index (χ3n) is 3.58. The minimum absolute atomic E-state index is 0.121. The Hall–Kier alpha value is -3.63. The summed E-state index contributed by atoms with van der Waals surface area (Å²) in [4.78, 5) is 20.3.